The Kier molecular flexibility index (Phi) is 4.14. The third kappa shape index (κ3) is 3.05. The number of aryl methyl sites for hydroxylation is 1. The molecule has 1 unspecified atom stereocenters. The molecule has 1 atom stereocenters. The molecular weight excluding hydrogens is 355 g/mol. The molecule has 9 heteroatoms. The molecule has 0 N–H and O–H groups in total. The molecule has 2 aromatic rings. The van der Waals surface area contributed by atoms with Gasteiger partial charge in [-0.15, -0.1) is 0 Å². The van der Waals surface area contributed by atoms with E-state index in [1.807, 2.05) is 0 Å². The third-order valence-electron chi connectivity index (χ3n) is 4.84. The van der Waals surface area contributed by atoms with Crippen LogP contribution in [0.5, 0.6) is 0 Å². The summed E-state index contributed by atoms with van der Waals surface area (Å²) in [6, 6.07) is 7.15. The molecule has 0 aliphatic carbocycles. The second-order valence-electron chi connectivity index (χ2n) is 6.56. The zero-order valence-corrected chi connectivity index (χ0v) is 14.6. The summed E-state index contributed by atoms with van der Waals surface area (Å²) >= 11 is 0. The summed E-state index contributed by atoms with van der Waals surface area (Å²) < 4.78 is 19.3. The van der Waals surface area contributed by atoms with Crippen molar-refractivity contribution in [2.75, 3.05) is 19.7 Å². The number of hydrogen-bond acceptors (Lipinski definition) is 5. The van der Waals surface area contributed by atoms with E-state index in [2.05, 4.69) is 5.10 Å². The average Bonchev–Trinajstić information content (AvgIpc) is 3.34. The number of hydrogen-bond donors (Lipinski definition) is 0. The van der Waals surface area contributed by atoms with Crippen molar-refractivity contribution in [2.45, 2.75) is 12.5 Å². The van der Waals surface area contributed by atoms with Crippen LogP contribution in [0.2, 0.25) is 0 Å². The van der Waals surface area contributed by atoms with Crippen molar-refractivity contribution in [3.05, 3.63) is 41.8 Å². The number of ether oxygens (including phenoxy) is 1. The Hall–Kier alpha value is -3.23. The zero-order valence-electron chi connectivity index (χ0n) is 14.6. The number of likely N-dealkylation sites (tertiary alicyclic amines) is 1. The van der Waals surface area contributed by atoms with E-state index in [-0.39, 0.29) is 36.8 Å². The molecule has 0 spiro atoms. The lowest BCUT2D eigenvalue weighted by atomic mass is 10.1. The fraction of sp³-hybridized carbons (Fsp3) is 0.333. The van der Waals surface area contributed by atoms with E-state index in [1.54, 1.807) is 30.1 Å². The zero-order chi connectivity index (χ0) is 19.1. The van der Waals surface area contributed by atoms with Crippen LogP contribution in [0.3, 0.4) is 0 Å². The molecule has 1 aromatic heterocycles. The fourth-order valence-corrected chi connectivity index (χ4v) is 3.45. The first-order valence-corrected chi connectivity index (χ1v) is 8.52. The van der Waals surface area contributed by atoms with Crippen LogP contribution >= 0.6 is 0 Å². The Bertz CT molecular complexity index is 908. The quantitative estimate of drug-likeness (QED) is 0.814. The normalized spacial score (nSPS) is 19.7. The number of cyclic esters (lactones) is 1. The van der Waals surface area contributed by atoms with Gasteiger partial charge in [0.25, 0.3) is 11.8 Å². The molecule has 2 aliphatic heterocycles. The van der Waals surface area contributed by atoms with Crippen molar-refractivity contribution < 1.29 is 23.5 Å². The number of carbonyl (C=O) groups is 3. The molecule has 27 heavy (non-hydrogen) atoms. The second kappa shape index (κ2) is 6.49. The first-order chi connectivity index (χ1) is 12.9. The van der Waals surface area contributed by atoms with Crippen molar-refractivity contribution in [2.24, 2.45) is 7.05 Å². The Morgan fingerprint density at radius 1 is 1.26 bits per heavy atom. The largest absolute Gasteiger partial charge is 0.439 e. The maximum atomic E-state index is 13.1. The van der Waals surface area contributed by atoms with Gasteiger partial charge in [0.2, 0.25) is 0 Å². The summed E-state index contributed by atoms with van der Waals surface area (Å²) in [5.41, 5.74) is 1.65. The highest BCUT2D eigenvalue weighted by molar-refractivity contribution is 5.98. The molecular formula is C18H17FN4O4. The van der Waals surface area contributed by atoms with Crippen molar-refractivity contribution in [3.63, 3.8) is 0 Å². The number of aromatic nitrogens is 2. The molecule has 0 bridgehead atoms. The van der Waals surface area contributed by atoms with Crippen LogP contribution in [-0.4, -0.2) is 63.2 Å². The van der Waals surface area contributed by atoms with E-state index < -0.39 is 6.09 Å². The SMILES string of the molecule is Cn1nc(-c2ccc(F)cc2)cc1C(=O)N1CCC(N2C(=O)COC2=O)C1. The summed E-state index contributed by atoms with van der Waals surface area (Å²) in [5.74, 6) is -0.955. The van der Waals surface area contributed by atoms with Gasteiger partial charge in [-0.25, -0.2) is 14.1 Å². The third-order valence-corrected chi connectivity index (χ3v) is 4.84. The second-order valence-corrected chi connectivity index (χ2v) is 6.56. The van der Waals surface area contributed by atoms with Gasteiger partial charge in [0.05, 0.1) is 11.7 Å². The summed E-state index contributed by atoms with van der Waals surface area (Å²) in [5, 5.41) is 4.33. The number of rotatable bonds is 3. The van der Waals surface area contributed by atoms with E-state index in [0.29, 0.717) is 29.9 Å². The van der Waals surface area contributed by atoms with Gasteiger partial charge in [-0.3, -0.25) is 14.3 Å². The monoisotopic (exact) mass is 372 g/mol. The van der Waals surface area contributed by atoms with Crippen molar-refractivity contribution in [3.8, 4) is 11.3 Å². The first kappa shape index (κ1) is 17.2. The molecule has 0 saturated carbocycles. The van der Waals surface area contributed by atoms with Gasteiger partial charge in [0.1, 0.15) is 11.5 Å². The van der Waals surface area contributed by atoms with Gasteiger partial charge < -0.3 is 9.64 Å². The van der Waals surface area contributed by atoms with Crippen LogP contribution in [0.25, 0.3) is 11.3 Å². The van der Waals surface area contributed by atoms with Crippen LogP contribution in [0, 0.1) is 5.82 Å². The fourth-order valence-electron chi connectivity index (χ4n) is 3.45. The summed E-state index contributed by atoms with van der Waals surface area (Å²) in [7, 11) is 1.66. The standard InChI is InChI=1S/C18H17FN4O4/c1-21-15(8-14(20-21)11-2-4-12(19)5-3-11)17(25)22-7-6-13(9-22)23-16(24)10-27-18(23)26/h2-5,8,13H,6-7,9-10H2,1H3. The molecule has 2 fully saturated rings. The maximum absolute atomic E-state index is 13.1. The van der Waals surface area contributed by atoms with E-state index >= 15 is 0 Å². The van der Waals surface area contributed by atoms with Gasteiger partial charge in [-0.1, -0.05) is 0 Å². The average molecular weight is 372 g/mol. The summed E-state index contributed by atoms with van der Waals surface area (Å²) in [6.45, 7) is 0.445. The van der Waals surface area contributed by atoms with E-state index in [0.717, 1.165) is 4.90 Å². The minimum absolute atomic E-state index is 0.235. The van der Waals surface area contributed by atoms with E-state index in [1.165, 1.54) is 16.8 Å². The van der Waals surface area contributed by atoms with Crippen molar-refractivity contribution in [1.29, 1.82) is 0 Å². The number of nitrogens with zero attached hydrogens (tertiary/aromatic N) is 4. The molecule has 4 rings (SSSR count). The molecule has 1 aromatic carbocycles. The van der Waals surface area contributed by atoms with Crippen LogP contribution < -0.4 is 0 Å². The van der Waals surface area contributed by atoms with Gasteiger partial charge in [0, 0.05) is 25.7 Å². The first-order valence-electron chi connectivity index (χ1n) is 8.52. The Balaban J connectivity index is 1.51. The van der Waals surface area contributed by atoms with E-state index in [4.69, 9.17) is 4.74 Å². The highest BCUT2D eigenvalue weighted by Gasteiger charge is 2.41. The minimum atomic E-state index is -0.654. The molecule has 0 radical (unpaired) electrons. The minimum Gasteiger partial charge on any atom is -0.439 e. The highest BCUT2D eigenvalue weighted by atomic mass is 19.1. The lowest BCUT2D eigenvalue weighted by Crippen LogP contribution is -2.42. The van der Waals surface area contributed by atoms with E-state index in [9.17, 15) is 18.8 Å². The van der Waals surface area contributed by atoms with Gasteiger partial charge in [-0.05, 0) is 36.8 Å². The molecule has 2 aliphatic rings. The highest BCUT2D eigenvalue weighted by Crippen LogP contribution is 2.24. The van der Waals surface area contributed by atoms with Crippen molar-refractivity contribution in [1.82, 2.24) is 19.6 Å². The van der Waals surface area contributed by atoms with Gasteiger partial charge in [-0.2, -0.15) is 5.10 Å². The molecule has 3 amide bonds. The predicted molar refractivity (Wildman–Crippen MR) is 91.1 cm³/mol. The van der Waals surface area contributed by atoms with Crippen molar-refractivity contribution >= 4 is 17.9 Å². The molecule has 3 heterocycles. The van der Waals surface area contributed by atoms with Gasteiger partial charge in [0.15, 0.2) is 6.61 Å². The number of carbonyl (C=O) groups excluding carboxylic acids is 3. The Morgan fingerprint density at radius 3 is 2.67 bits per heavy atom. The number of halogens is 1. The number of amides is 3. The predicted octanol–water partition coefficient (Wildman–Crippen LogP) is 1.42. The number of benzene rings is 1. The Morgan fingerprint density at radius 2 is 2.00 bits per heavy atom. The van der Waals surface area contributed by atoms with Crippen LogP contribution in [0.15, 0.2) is 30.3 Å². The van der Waals surface area contributed by atoms with Gasteiger partial charge >= 0.3 is 6.09 Å². The summed E-state index contributed by atoms with van der Waals surface area (Å²) in [4.78, 5) is 39.1. The smallest absolute Gasteiger partial charge is 0.417 e. The Labute approximate surface area is 154 Å². The van der Waals surface area contributed by atoms with Crippen LogP contribution in [0.4, 0.5) is 9.18 Å². The topological polar surface area (TPSA) is 84.7 Å². The lowest BCUT2D eigenvalue weighted by Gasteiger charge is -2.20. The molecule has 140 valence electrons. The number of imide groups is 1. The molecule has 8 nitrogen and oxygen atoms in total. The molecule has 2 saturated heterocycles. The lowest BCUT2D eigenvalue weighted by molar-refractivity contribution is -0.127. The summed E-state index contributed by atoms with van der Waals surface area (Å²) in [6.07, 6.45) is -0.145. The maximum Gasteiger partial charge on any atom is 0.417 e. The van der Waals surface area contributed by atoms with Crippen LogP contribution in [-0.2, 0) is 16.6 Å². The van der Waals surface area contributed by atoms with Crippen LogP contribution in [0.1, 0.15) is 16.9 Å².